The maximum atomic E-state index is 4.86. The predicted octanol–water partition coefficient (Wildman–Crippen LogP) is 2.01. The van der Waals surface area contributed by atoms with Crippen LogP contribution in [-0.4, -0.2) is 12.3 Å². The fourth-order valence-electron chi connectivity index (χ4n) is 0.293. The molecule has 0 unspecified atom stereocenters. The summed E-state index contributed by atoms with van der Waals surface area (Å²) in [5.74, 6) is 0. The predicted molar refractivity (Wildman–Crippen MR) is 39.3 cm³/mol. The number of oxime groups is 1. The van der Waals surface area contributed by atoms with E-state index in [-0.39, 0.29) is 0 Å². The maximum Gasteiger partial charge on any atom is 0.116 e. The highest BCUT2D eigenvalue weighted by Crippen LogP contribution is 1.86. The standard InChI is InChI=1S/C7H14NO/c1-4-6-9-8-7(3)5-2/h3-6H2,1-2H3/b8-7-. The van der Waals surface area contributed by atoms with E-state index >= 15 is 0 Å². The lowest BCUT2D eigenvalue weighted by atomic mass is 10.3. The molecule has 2 heteroatoms. The summed E-state index contributed by atoms with van der Waals surface area (Å²) in [6, 6.07) is 0. The molecule has 0 aromatic rings. The van der Waals surface area contributed by atoms with Gasteiger partial charge in [-0.2, -0.15) is 0 Å². The Balaban J connectivity index is 3.21. The van der Waals surface area contributed by atoms with E-state index in [2.05, 4.69) is 12.1 Å². The molecule has 0 amide bonds. The van der Waals surface area contributed by atoms with E-state index in [0.29, 0.717) is 6.61 Å². The van der Waals surface area contributed by atoms with Gasteiger partial charge in [0.05, 0.1) is 5.71 Å². The van der Waals surface area contributed by atoms with Crippen molar-refractivity contribution in [3.63, 3.8) is 0 Å². The third-order valence-corrected chi connectivity index (χ3v) is 0.897. The van der Waals surface area contributed by atoms with E-state index in [1.165, 1.54) is 0 Å². The molecule has 0 aliphatic rings. The second-order valence-electron chi connectivity index (χ2n) is 1.84. The molecule has 0 rings (SSSR count). The van der Waals surface area contributed by atoms with E-state index in [4.69, 9.17) is 4.84 Å². The SMILES string of the molecule is [CH2]/C(CC)=N/OCCC. The van der Waals surface area contributed by atoms with Gasteiger partial charge in [-0.05, 0) is 19.8 Å². The van der Waals surface area contributed by atoms with Crippen LogP contribution in [0, 0.1) is 6.92 Å². The fraction of sp³-hybridized carbons (Fsp3) is 0.714. The third-order valence-electron chi connectivity index (χ3n) is 0.897. The van der Waals surface area contributed by atoms with Crippen LogP contribution >= 0.6 is 0 Å². The van der Waals surface area contributed by atoms with Gasteiger partial charge in [0.2, 0.25) is 0 Å². The third kappa shape index (κ3) is 5.34. The summed E-state index contributed by atoms with van der Waals surface area (Å²) in [7, 11) is 0. The first-order valence-corrected chi connectivity index (χ1v) is 3.32. The first-order valence-electron chi connectivity index (χ1n) is 3.32. The van der Waals surface area contributed by atoms with E-state index < -0.39 is 0 Å². The van der Waals surface area contributed by atoms with Crippen LogP contribution in [0.15, 0.2) is 5.16 Å². The normalized spacial score (nSPS) is 11.7. The van der Waals surface area contributed by atoms with Gasteiger partial charge >= 0.3 is 0 Å². The minimum absolute atomic E-state index is 0.693. The highest BCUT2D eigenvalue weighted by Gasteiger charge is 1.83. The number of hydrogen-bond donors (Lipinski definition) is 0. The van der Waals surface area contributed by atoms with Crippen molar-refractivity contribution in [2.24, 2.45) is 5.16 Å². The lowest BCUT2D eigenvalue weighted by Gasteiger charge is -1.95. The van der Waals surface area contributed by atoms with Crippen molar-refractivity contribution in [2.45, 2.75) is 26.7 Å². The van der Waals surface area contributed by atoms with Crippen LogP contribution in [0.2, 0.25) is 0 Å². The number of nitrogens with zero attached hydrogens (tertiary/aromatic N) is 1. The fourth-order valence-corrected chi connectivity index (χ4v) is 0.293. The van der Waals surface area contributed by atoms with Crippen molar-refractivity contribution in [3.8, 4) is 0 Å². The molecular weight excluding hydrogens is 114 g/mol. The topological polar surface area (TPSA) is 21.6 Å². The van der Waals surface area contributed by atoms with Gasteiger partial charge in [-0.3, -0.25) is 0 Å². The Morgan fingerprint density at radius 1 is 1.56 bits per heavy atom. The smallest absolute Gasteiger partial charge is 0.116 e. The van der Waals surface area contributed by atoms with Crippen LogP contribution in [-0.2, 0) is 4.84 Å². The van der Waals surface area contributed by atoms with Gasteiger partial charge in [0, 0.05) is 0 Å². The Hall–Kier alpha value is -0.530. The van der Waals surface area contributed by atoms with Gasteiger partial charge in [-0.25, -0.2) is 0 Å². The van der Waals surface area contributed by atoms with Crippen molar-refractivity contribution in [3.05, 3.63) is 6.92 Å². The van der Waals surface area contributed by atoms with Crippen molar-refractivity contribution < 1.29 is 4.84 Å². The monoisotopic (exact) mass is 128 g/mol. The van der Waals surface area contributed by atoms with Crippen LogP contribution < -0.4 is 0 Å². The van der Waals surface area contributed by atoms with Crippen LogP contribution in [0.4, 0.5) is 0 Å². The molecule has 0 aromatic carbocycles. The highest BCUT2D eigenvalue weighted by atomic mass is 16.6. The Labute approximate surface area is 56.9 Å². The average molecular weight is 128 g/mol. The van der Waals surface area contributed by atoms with Crippen molar-refractivity contribution in [2.75, 3.05) is 6.61 Å². The molecule has 9 heavy (non-hydrogen) atoms. The summed E-state index contributed by atoms with van der Waals surface area (Å²) in [5, 5.41) is 3.74. The Morgan fingerprint density at radius 3 is 2.67 bits per heavy atom. The van der Waals surface area contributed by atoms with Gasteiger partial charge in [-0.1, -0.05) is 19.0 Å². The van der Waals surface area contributed by atoms with Crippen molar-refractivity contribution in [1.29, 1.82) is 0 Å². The molecule has 0 aromatic heterocycles. The van der Waals surface area contributed by atoms with E-state index in [1.807, 2.05) is 13.8 Å². The summed E-state index contributed by atoms with van der Waals surface area (Å²) >= 11 is 0. The van der Waals surface area contributed by atoms with E-state index in [0.717, 1.165) is 18.6 Å². The second-order valence-corrected chi connectivity index (χ2v) is 1.84. The van der Waals surface area contributed by atoms with Crippen LogP contribution in [0.3, 0.4) is 0 Å². The lowest BCUT2D eigenvalue weighted by molar-refractivity contribution is 0.145. The van der Waals surface area contributed by atoms with Crippen LogP contribution in [0.25, 0.3) is 0 Å². The molecule has 0 saturated heterocycles. The minimum atomic E-state index is 0.693. The molecule has 0 spiro atoms. The molecule has 53 valence electrons. The molecule has 1 radical (unpaired) electrons. The van der Waals surface area contributed by atoms with Gasteiger partial charge in [0.15, 0.2) is 0 Å². The molecule has 0 N–H and O–H groups in total. The first-order chi connectivity index (χ1) is 4.31. The summed E-state index contributed by atoms with van der Waals surface area (Å²) < 4.78 is 0. The largest absolute Gasteiger partial charge is 0.396 e. The van der Waals surface area contributed by atoms with Gasteiger partial charge < -0.3 is 4.84 Å². The molecular formula is C7H14NO. The first kappa shape index (κ1) is 8.47. The van der Waals surface area contributed by atoms with E-state index in [1.54, 1.807) is 0 Å². The quantitative estimate of drug-likeness (QED) is 0.322. The molecule has 0 saturated carbocycles. The van der Waals surface area contributed by atoms with Crippen LogP contribution in [0.5, 0.6) is 0 Å². The zero-order valence-electron chi connectivity index (χ0n) is 6.18. The lowest BCUT2D eigenvalue weighted by Crippen LogP contribution is -1.91. The van der Waals surface area contributed by atoms with Gasteiger partial charge in [-0.15, -0.1) is 0 Å². The summed E-state index contributed by atoms with van der Waals surface area (Å²) in [6.07, 6.45) is 1.87. The number of rotatable bonds is 4. The van der Waals surface area contributed by atoms with Crippen molar-refractivity contribution >= 4 is 5.71 Å². The molecule has 0 aliphatic heterocycles. The van der Waals surface area contributed by atoms with Gasteiger partial charge in [0.25, 0.3) is 0 Å². The zero-order chi connectivity index (χ0) is 7.11. The highest BCUT2D eigenvalue weighted by molar-refractivity contribution is 5.87. The molecule has 2 nitrogen and oxygen atoms in total. The second kappa shape index (κ2) is 5.60. The number of hydrogen-bond acceptors (Lipinski definition) is 2. The average Bonchev–Trinajstić information content (AvgIpc) is 1.89. The Kier molecular flexibility index (Phi) is 5.27. The molecule has 0 fully saturated rings. The summed E-state index contributed by atoms with van der Waals surface area (Å²) in [4.78, 5) is 4.86. The molecule has 0 aliphatic carbocycles. The summed E-state index contributed by atoms with van der Waals surface area (Å²) in [6.45, 7) is 8.39. The van der Waals surface area contributed by atoms with Crippen LogP contribution in [0.1, 0.15) is 26.7 Å². The van der Waals surface area contributed by atoms with E-state index in [9.17, 15) is 0 Å². The molecule has 0 atom stereocenters. The Bertz CT molecular complexity index is 88.9. The van der Waals surface area contributed by atoms with Gasteiger partial charge in [0.1, 0.15) is 6.61 Å². The van der Waals surface area contributed by atoms with Crippen molar-refractivity contribution in [1.82, 2.24) is 0 Å². The zero-order valence-corrected chi connectivity index (χ0v) is 6.18. The molecule has 0 bridgehead atoms. The minimum Gasteiger partial charge on any atom is -0.396 e. The maximum absolute atomic E-state index is 4.86. The molecule has 0 heterocycles. The Morgan fingerprint density at radius 2 is 2.22 bits per heavy atom. The summed E-state index contributed by atoms with van der Waals surface area (Å²) in [5.41, 5.74) is 0.809.